The van der Waals surface area contributed by atoms with Gasteiger partial charge in [0, 0.05) is 32.4 Å². The topological polar surface area (TPSA) is 97.5 Å². The largest absolute Gasteiger partial charge is 0.497 e. The summed E-state index contributed by atoms with van der Waals surface area (Å²) in [5, 5.41) is 7.69. The van der Waals surface area contributed by atoms with Crippen molar-refractivity contribution in [1.82, 2.24) is 25.2 Å². The van der Waals surface area contributed by atoms with Crippen LogP contribution in [0, 0.1) is 6.92 Å². The Bertz CT molecular complexity index is 1080. The molecule has 2 aromatic heterocycles. The van der Waals surface area contributed by atoms with Crippen molar-refractivity contribution in [3.05, 3.63) is 47.5 Å². The van der Waals surface area contributed by atoms with E-state index in [2.05, 4.69) is 15.3 Å². The zero-order valence-electron chi connectivity index (χ0n) is 18.9. The van der Waals surface area contributed by atoms with Crippen molar-refractivity contribution in [3.8, 4) is 16.9 Å². The summed E-state index contributed by atoms with van der Waals surface area (Å²) in [6, 6.07) is 7.69. The Balaban J connectivity index is 1.73. The summed E-state index contributed by atoms with van der Waals surface area (Å²) in [4.78, 5) is 26.5. The lowest BCUT2D eigenvalue weighted by Gasteiger charge is -2.36. The molecule has 0 aliphatic carbocycles. The molecule has 0 unspecified atom stereocenters. The molecule has 168 valence electrons. The van der Waals surface area contributed by atoms with Crippen molar-refractivity contribution in [2.75, 3.05) is 32.6 Å². The van der Waals surface area contributed by atoms with E-state index in [-0.39, 0.29) is 18.4 Å². The van der Waals surface area contributed by atoms with E-state index in [0.717, 1.165) is 41.8 Å². The van der Waals surface area contributed by atoms with E-state index < -0.39 is 0 Å². The molecule has 1 saturated heterocycles. The van der Waals surface area contributed by atoms with Gasteiger partial charge in [-0.05, 0) is 43.9 Å². The van der Waals surface area contributed by atoms with Crippen molar-refractivity contribution in [1.29, 1.82) is 0 Å². The molecule has 0 N–H and O–H groups in total. The highest BCUT2D eigenvalue weighted by Crippen LogP contribution is 2.37. The Kier molecular flexibility index (Phi) is 6.34. The zero-order chi connectivity index (χ0) is 22.7. The quantitative estimate of drug-likeness (QED) is 0.581. The van der Waals surface area contributed by atoms with Crippen molar-refractivity contribution >= 4 is 11.9 Å². The lowest BCUT2D eigenvalue weighted by Crippen LogP contribution is -2.40. The molecule has 0 spiro atoms. The maximum atomic E-state index is 13.3. The first-order valence-corrected chi connectivity index (χ1v) is 10.7. The Hall–Kier alpha value is -3.49. The van der Waals surface area contributed by atoms with Gasteiger partial charge in [-0.2, -0.15) is 0 Å². The maximum absolute atomic E-state index is 13.3. The van der Waals surface area contributed by atoms with Crippen LogP contribution >= 0.6 is 0 Å². The standard InChI is InChI=1S/C23H28N6O3/c1-15-19(27-32-26-15)13-21(30)29-12-6-5-7-20(29)22-18(14-24-23(25-22)28(2)3)16-8-10-17(31-4)11-9-16/h8-11,14,20H,5-7,12-13H2,1-4H3/t20-/m0/s1. The summed E-state index contributed by atoms with van der Waals surface area (Å²) in [7, 11) is 5.47. The first-order chi connectivity index (χ1) is 15.5. The second-order valence-electron chi connectivity index (χ2n) is 8.16. The van der Waals surface area contributed by atoms with Crippen LogP contribution in [0.15, 0.2) is 35.1 Å². The molecular weight excluding hydrogens is 408 g/mol. The van der Waals surface area contributed by atoms with Crippen LogP contribution in [0.25, 0.3) is 11.1 Å². The maximum Gasteiger partial charge on any atom is 0.229 e. The molecule has 0 radical (unpaired) electrons. The normalized spacial score (nSPS) is 16.1. The molecule has 32 heavy (non-hydrogen) atoms. The zero-order valence-corrected chi connectivity index (χ0v) is 18.9. The number of likely N-dealkylation sites (tertiary alicyclic amines) is 1. The molecule has 0 bridgehead atoms. The number of aryl methyl sites for hydroxylation is 1. The average molecular weight is 437 g/mol. The number of amides is 1. The number of aromatic nitrogens is 4. The predicted octanol–water partition coefficient (Wildman–Crippen LogP) is 3.21. The minimum atomic E-state index is -0.143. The summed E-state index contributed by atoms with van der Waals surface area (Å²) in [6.07, 6.45) is 4.84. The van der Waals surface area contributed by atoms with Crippen molar-refractivity contribution in [3.63, 3.8) is 0 Å². The van der Waals surface area contributed by atoms with Gasteiger partial charge in [0.05, 0.1) is 25.3 Å². The van der Waals surface area contributed by atoms with Crippen LogP contribution in [0.3, 0.4) is 0 Å². The van der Waals surface area contributed by atoms with E-state index in [0.29, 0.717) is 23.9 Å². The molecule has 1 amide bonds. The molecule has 1 atom stereocenters. The number of nitrogens with zero attached hydrogens (tertiary/aromatic N) is 6. The van der Waals surface area contributed by atoms with Gasteiger partial charge in [0.1, 0.15) is 17.1 Å². The van der Waals surface area contributed by atoms with Gasteiger partial charge in [0.25, 0.3) is 0 Å². The van der Waals surface area contributed by atoms with Gasteiger partial charge >= 0.3 is 0 Å². The Morgan fingerprint density at radius 1 is 1.22 bits per heavy atom. The number of anilines is 1. The fraction of sp³-hybridized carbons (Fsp3) is 0.435. The lowest BCUT2D eigenvalue weighted by molar-refractivity contribution is -0.134. The monoisotopic (exact) mass is 436 g/mol. The van der Waals surface area contributed by atoms with E-state index in [4.69, 9.17) is 14.3 Å². The Labute approximate surface area is 187 Å². The van der Waals surface area contributed by atoms with E-state index in [1.165, 1.54) is 0 Å². The van der Waals surface area contributed by atoms with Crippen LogP contribution in [0.2, 0.25) is 0 Å². The molecule has 1 aromatic carbocycles. The number of carbonyl (C=O) groups excluding carboxylic acids is 1. The molecule has 0 saturated carbocycles. The van der Waals surface area contributed by atoms with Gasteiger partial charge in [0.2, 0.25) is 11.9 Å². The lowest BCUT2D eigenvalue weighted by atomic mass is 9.93. The summed E-state index contributed by atoms with van der Waals surface area (Å²) < 4.78 is 10.1. The highest BCUT2D eigenvalue weighted by Gasteiger charge is 2.32. The number of hydrogen-bond donors (Lipinski definition) is 0. The fourth-order valence-electron chi connectivity index (χ4n) is 4.02. The van der Waals surface area contributed by atoms with Crippen molar-refractivity contribution in [2.24, 2.45) is 0 Å². The molecular formula is C23H28N6O3. The van der Waals surface area contributed by atoms with E-state index >= 15 is 0 Å². The third-order valence-corrected chi connectivity index (χ3v) is 5.81. The predicted molar refractivity (Wildman–Crippen MR) is 119 cm³/mol. The highest BCUT2D eigenvalue weighted by atomic mass is 16.6. The number of carbonyl (C=O) groups is 1. The van der Waals surface area contributed by atoms with Gasteiger partial charge in [-0.15, -0.1) is 0 Å². The van der Waals surface area contributed by atoms with Crippen LogP contribution in [-0.4, -0.2) is 58.8 Å². The van der Waals surface area contributed by atoms with Crippen LogP contribution in [0.1, 0.15) is 42.4 Å². The number of rotatable bonds is 6. The second-order valence-corrected chi connectivity index (χ2v) is 8.16. The number of methoxy groups -OCH3 is 1. The molecule has 1 aliphatic rings. The molecule has 4 rings (SSSR count). The summed E-state index contributed by atoms with van der Waals surface area (Å²) in [6.45, 7) is 2.47. The molecule has 1 aliphatic heterocycles. The fourth-order valence-corrected chi connectivity index (χ4v) is 4.02. The first kappa shape index (κ1) is 21.7. The van der Waals surface area contributed by atoms with Crippen LogP contribution < -0.4 is 9.64 Å². The number of piperidine rings is 1. The molecule has 3 aromatic rings. The average Bonchev–Trinajstić information content (AvgIpc) is 3.22. The van der Waals surface area contributed by atoms with E-state index in [1.807, 2.05) is 54.4 Å². The van der Waals surface area contributed by atoms with Gasteiger partial charge in [0.15, 0.2) is 0 Å². The summed E-state index contributed by atoms with van der Waals surface area (Å²) in [5.41, 5.74) is 3.98. The highest BCUT2D eigenvalue weighted by molar-refractivity contribution is 5.79. The van der Waals surface area contributed by atoms with Crippen LogP contribution in [0.5, 0.6) is 5.75 Å². The minimum absolute atomic E-state index is 0.000744. The van der Waals surface area contributed by atoms with Crippen LogP contribution in [-0.2, 0) is 11.2 Å². The Morgan fingerprint density at radius 3 is 2.66 bits per heavy atom. The van der Waals surface area contributed by atoms with Gasteiger partial charge < -0.3 is 14.5 Å². The van der Waals surface area contributed by atoms with Gasteiger partial charge in [-0.25, -0.2) is 14.6 Å². The number of hydrogen-bond acceptors (Lipinski definition) is 8. The molecule has 9 nitrogen and oxygen atoms in total. The van der Waals surface area contributed by atoms with Gasteiger partial charge in [-0.3, -0.25) is 4.79 Å². The van der Waals surface area contributed by atoms with Crippen molar-refractivity contribution < 1.29 is 14.2 Å². The van der Waals surface area contributed by atoms with E-state index in [9.17, 15) is 4.79 Å². The minimum Gasteiger partial charge on any atom is -0.497 e. The van der Waals surface area contributed by atoms with Crippen molar-refractivity contribution in [2.45, 2.75) is 38.6 Å². The summed E-state index contributed by atoms with van der Waals surface area (Å²) in [5.74, 6) is 1.40. The molecule has 1 fully saturated rings. The Morgan fingerprint density at radius 2 is 2.00 bits per heavy atom. The summed E-state index contributed by atoms with van der Waals surface area (Å²) >= 11 is 0. The van der Waals surface area contributed by atoms with Crippen LogP contribution in [0.4, 0.5) is 5.95 Å². The number of ether oxygens (including phenoxy) is 1. The third kappa shape index (κ3) is 4.42. The smallest absolute Gasteiger partial charge is 0.229 e. The SMILES string of the molecule is COc1ccc(-c2cnc(N(C)C)nc2[C@@H]2CCCCN2C(=O)Cc2nonc2C)cc1. The third-order valence-electron chi connectivity index (χ3n) is 5.81. The van der Waals surface area contributed by atoms with E-state index in [1.54, 1.807) is 14.0 Å². The number of benzene rings is 1. The first-order valence-electron chi connectivity index (χ1n) is 10.7. The molecule has 9 heteroatoms. The molecule has 3 heterocycles. The van der Waals surface area contributed by atoms with Gasteiger partial charge in [-0.1, -0.05) is 22.4 Å². The second kappa shape index (κ2) is 9.33.